The molecule has 27 heavy (non-hydrogen) atoms. The van der Waals surface area contributed by atoms with Crippen LogP contribution in [0, 0.1) is 11.8 Å². The SMILES string of the molecule is CC.c1ccc(C(OCC2CCC3OC3C2)OCC2CCC3SC3C2)cc1. The number of rotatable bonds is 7. The molecule has 4 aliphatic rings. The quantitative estimate of drug-likeness (QED) is 0.448. The van der Waals surface area contributed by atoms with Crippen LogP contribution in [0.2, 0.25) is 0 Å². The lowest BCUT2D eigenvalue weighted by Crippen LogP contribution is -2.23. The van der Waals surface area contributed by atoms with Gasteiger partial charge in [-0.15, -0.1) is 0 Å². The molecule has 5 rings (SSSR count). The Hall–Kier alpha value is -0.550. The van der Waals surface area contributed by atoms with Crippen LogP contribution >= 0.6 is 11.8 Å². The highest BCUT2D eigenvalue weighted by Crippen LogP contribution is 2.52. The van der Waals surface area contributed by atoms with Crippen LogP contribution in [0.4, 0.5) is 0 Å². The van der Waals surface area contributed by atoms with Gasteiger partial charge in [-0.1, -0.05) is 44.2 Å². The van der Waals surface area contributed by atoms with E-state index in [0.29, 0.717) is 24.0 Å². The number of thioether (sulfide) groups is 1. The molecule has 2 saturated heterocycles. The fraction of sp³-hybridized carbons (Fsp3) is 0.739. The summed E-state index contributed by atoms with van der Waals surface area (Å²) >= 11 is 2.17. The zero-order chi connectivity index (χ0) is 18.6. The van der Waals surface area contributed by atoms with E-state index in [1.165, 1.54) is 32.1 Å². The third kappa shape index (κ3) is 5.29. The van der Waals surface area contributed by atoms with E-state index in [2.05, 4.69) is 42.1 Å². The van der Waals surface area contributed by atoms with Crippen LogP contribution in [0.3, 0.4) is 0 Å². The first-order valence-corrected chi connectivity index (χ1v) is 11.9. The summed E-state index contributed by atoms with van der Waals surface area (Å²) in [5.41, 5.74) is 1.15. The summed E-state index contributed by atoms with van der Waals surface area (Å²) in [7, 11) is 0. The van der Waals surface area contributed by atoms with Gasteiger partial charge in [0.15, 0.2) is 6.29 Å². The van der Waals surface area contributed by atoms with Gasteiger partial charge in [0.25, 0.3) is 0 Å². The maximum atomic E-state index is 6.30. The van der Waals surface area contributed by atoms with E-state index in [-0.39, 0.29) is 6.29 Å². The Kier molecular flexibility index (Phi) is 6.80. The zero-order valence-corrected chi connectivity index (χ0v) is 17.5. The molecule has 3 nitrogen and oxygen atoms in total. The molecule has 0 N–H and O–H groups in total. The largest absolute Gasteiger partial charge is 0.370 e. The third-order valence-corrected chi connectivity index (χ3v) is 7.73. The maximum Gasteiger partial charge on any atom is 0.183 e. The van der Waals surface area contributed by atoms with Crippen molar-refractivity contribution in [3.63, 3.8) is 0 Å². The molecule has 0 bridgehead atoms. The predicted molar refractivity (Wildman–Crippen MR) is 111 cm³/mol. The predicted octanol–water partition coefficient (Wildman–Crippen LogP) is 5.60. The summed E-state index contributed by atoms with van der Waals surface area (Å²) in [6.45, 7) is 5.62. The number of fused-ring (bicyclic) bond motifs is 2. The van der Waals surface area contributed by atoms with Crippen molar-refractivity contribution >= 4 is 11.8 Å². The van der Waals surface area contributed by atoms with Gasteiger partial charge in [0.05, 0.1) is 25.4 Å². The fourth-order valence-electron chi connectivity index (χ4n) is 4.57. The summed E-state index contributed by atoms with van der Waals surface area (Å²) in [4.78, 5) is 0. The molecule has 7 atom stereocenters. The molecule has 0 aromatic heterocycles. The van der Waals surface area contributed by atoms with Crippen LogP contribution in [0.1, 0.15) is 64.2 Å². The minimum absolute atomic E-state index is 0.219. The van der Waals surface area contributed by atoms with Crippen LogP contribution in [0.5, 0.6) is 0 Å². The molecule has 2 heterocycles. The second kappa shape index (κ2) is 9.30. The number of benzene rings is 1. The van der Waals surface area contributed by atoms with Gasteiger partial charge in [0.1, 0.15) is 0 Å². The average Bonchev–Trinajstić information content (AvgIpc) is 3.64. The Morgan fingerprint density at radius 2 is 1.59 bits per heavy atom. The average molecular weight is 391 g/mol. The van der Waals surface area contributed by atoms with E-state index >= 15 is 0 Å². The first-order chi connectivity index (χ1) is 13.3. The van der Waals surface area contributed by atoms with Crippen molar-refractivity contribution in [1.29, 1.82) is 0 Å². The molecule has 1 aromatic rings. The van der Waals surface area contributed by atoms with Gasteiger partial charge in [0.2, 0.25) is 0 Å². The van der Waals surface area contributed by atoms with Crippen LogP contribution in [0.15, 0.2) is 30.3 Å². The number of hydrogen-bond acceptors (Lipinski definition) is 4. The summed E-state index contributed by atoms with van der Waals surface area (Å²) < 4.78 is 18.2. The molecule has 7 unspecified atom stereocenters. The minimum atomic E-state index is -0.219. The van der Waals surface area contributed by atoms with E-state index in [9.17, 15) is 0 Å². The highest BCUT2D eigenvalue weighted by Gasteiger charge is 2.44. The van der Waals surface area contributed by atoms with E-state index in [1.807, 2.05) is 13.8 Å². The normalized spacial score (nSPS) is 37.3. The Bertz CT molecular complexity index is 548. The molecule has 4 heteroatoms. The van der Waals surface area contributed by atoms with Gasteiger partial charge in [-0.2, -0.15) is 11.8 Å². The first kappa shape index (κ1) is 19.8. The number of ether oxygens (including phenoxy) is 3. The Morgan fingerprint density at radius 3 is 2.30 bits per heavy atom. The van der Waals surface area contributed by atoms with Gasteiger partial charge in [-0.05, 0) is 50.4 Å². The van der Waals surface area contributed by atoms with Crippen LogP contribution in [0.25, 0.3) is 0 Å². The van der Waals surface area contributed by atoms with Crippen LogP contribution in [-0.4, -0.2) is 35.9 Å². The summed E-state index contributed by atoms with van der Waals surface area (Å²) in [5, 5.41) is 1.89. The van der Waals surface area contributed by atoms with Crippen LogP contribution in [-0.2, 0) is 14.2 Å². The molecule has 2 saturated carbocycles. The number of epoxide rings is 1. The maximum absolute atomic E-state index is 6.30. The second-order valence-corrected chi connectivity index (χ2v) is 9.68. The highest BCUT2D eigenvalue weighted by atomic mass is 32.2. The lowest BCUT2D eigenvalue weighted by atomic mass is 9.90. The van der Waals surface area contributed by atoms with Crippen molar-refractivity contribution in [2.24, 2.45) is 11.8 Å². The Labute approximate surface area is 168 Å². The monoisotopic (exact) mass is 390 g/mol. The third-order valence-electron chi connectivity index (χ3n) is 6.26. The molecule has 4 fully saturated rings. The number of hydrogen-bond donors (Lipinski definition) is 0. The first-order valence-electron chi connectivity index (χ1n) is 10.9. The van der Waals surface area contributed by atoms with Crippen molar-refractivity contribution in [1.82, 2.24) is 0 Å². The van der Waals surface area contributed by atoms with Gasteiger partial charge in [-0.3, -0.25) is 0 Å². The van der Waals surface area contributed by atoms with E-state index < -0.39 is 0 Å². The van der Waals surface area contributed by atoms with Crippen molar-refractivity contribution in [3.8, 4) is 0 Å². The molecule has 0 amide bonds. The summed E-state index contributed by atoms with van der Waals surface area (Å²) in [5.74, 6) is 1.33. The molecule has 1 aromatic carbocycles. The summed E-state index contributed by atoms with van der Waals surface area (Å²) in [6.07, 6.45) is 8.49. The molecule has 2 aliphatic carbocycles. The van der Waals surface area contributed by atoms with Crippen molar-refractivity contribution in [2.45, 2.75) is 81.4 Å². The lowest BCUT2D eigenvalue weighted by Gasteiger charge is -2.26. The van der Waals surface area contributed by atoms with Crippen molar-refractivity contribution in [2.75, 3.05) is 13.2 Å². The van der Waals surface area contributed by atoms with E-state index in [4.69, 9.17) is 14.2 Å². The smallest absolute Gasteiger partial charge is 0.183 e. The highest BCUT2D eigenvalue weighted by molar-refractivity contribution is 8.07. The molecule has 2 aliphatic heterocycles. The van der Waals surface area contributed by atoms with Crippen molar-refractivity contribution < 1.29 is 14.2 Å². The Morgan fingerprint density at radius 1 is 0.889 bits per heavy atom. The Balaban J connectivity index is 0.000000872. The van der Waals surface area contributed by atoms with Gasteiger partial charge in [-0.25, -0.2) is 0 Å². The van der Waals surface area contributed by atoms with E-state index in [1.54, 1.807) is 0 Å². The van der Waals surface area contributed by atoms with E-state index in [0.717, 1.165) is 35.7 Å². The fourth-order valence-corrected chi connectivity index (χ4v) is 5.83. The van der Waals surface area contributed by atoms with Crippen molar-refractivity contribution in [3.05, 3.63) is 35.9 Å². The van der Waals surface area contributed by atoms with Gasteiger partial charge < -0.3 is 14.2 Å². The summed E-state index contributed by atoms with van der Waals surface area (Å²) in [6, 6.07) is 10.4. The molecular weight excluding hydrogens is 356 g/mol. The van der Waals surface area contributed by atoms with Gasteiger partial charge >= 0.3 is 0 Å². The topological polar surface area (TPSA) is 31.0 Å². The molecular formula is C23H34O3S. The standard InChI is InChI=1S/C21H28O3S.C2H6/c1-2-4-16(5-3-1)21(22-12-14-6-8-17-18(10-14)24-17)23-13-15-7-9-19-20(11-15)25-19;1-2/h1-5,14-15,17-21H,6-13H2;1-2H3. The minimum Gasteiger partial charge on any atom is -0.370 e. The molecule has 150 valence electrons. The zero-order valence-electron chi connectivity index (χ0n) is 16.7. The second-order valence-electron chi connectivity index (χ2n) is 8.19. The van der Waals surface area contributed by atoms with Crippen LogP contribution < -0.4 is 0 Å². The lowest BCUT2D eigenvalue weighted by molar-refractivity contribution is -0.164. The van der Waals surface area contributed by atoms with Gasteiger partial charge in [0, 0.05) is 16.1 Å². The molecule has 0 spiro atoms. The molecule has 0 radical (unpaired) electrons.